The van der Waals surface area contributed by atoms with Crippen molar-refractivity contribution in [2.45, 2.75) is 4.90 Å². The Morgan fingerprint density at radius 3 is 2.76 bits per heavy atom. The summed E-state index contributed by atoms with van der Waals surface area (Å²) in [7, 11) is -3.90. The standard InChI is InChI=1S/C7H6FN5O2S2/c8-4-1-2-6(5(9)3-4)17(14,15)11-7-10-12-13-16-7/h1-3H,9H2,(H,10,11,13). The van der Waals surface area contributed by atoms with Gasteiger partial charge < -0.3 is 5.73 Å². The molecule has 0 aliphatic carbocycles. The Hall–Kier alpha value is -1.81. The average molecular weight is 275 g/mol. The summed E-state index contributed by atoms with van der Waals surface area (Å²) < 4.78 is 42.0. The minimum atomic E-state index is -3.90. The molecular formula is C7H6FN5O2S2. The molecule has 0 aliphatic heterocycles. The van der Waals surface area contributed by atoms with Crippen molar-refractivity contribution in [1.29, 1.82) is 0 Å². The van der Waals surface area contributed by atoms with Gasteiger partial charge in [-0.15, -0.1) is 0 Å². The van der Waals surface area contributed by atoms with Crippen molar-refractivity contribution in [2.75, 3.05) is 10.5 Å². The van der Waals surface area contributed by atoms with Crippen molar-refractivity contribution in [3.63, 3.8) is 0 Å². The van der Waals surface area contributed by atoms with Gasteiger partial charge in [0, 0.05) is 11.5 Å². The van der Waals surface area contributed by atoms with Crippen LogP contribution in [0, 0.1) is 5.82 Å². The van der Waals surface area contributed by atoms with Crippen LogP contribution in [0.15, 0.2) is 23.1 Å². The highest BCUT2D eigenvalue weighted by atomic mass is 32.2. The molecule has 0 spiro atoms. The molecule has 2 rings (SSSR count). The summed E-state index contributed by atoms with van der Waals surface area (Å²) in [5.74, 6) is -0.612. The summed E-state index contributed by atoms with van der Waals surface area (Å²) in [5, 5.41) is 6.67. The highest BCUT2D eigenvalue weighted by Crippen LogP contribution is 2.22. The minimum absolute atomic E-state index is 0.00808. The lowest BCUT2D eigenvalue weighted by atomic mass is 10.3. The first-order valence-electron chi connectivity index (χ1n) is 4.22. The van der Waals surface area contributed by atoms with E-state index in [1.165, 1.54) is 0 Å². The van der Waals surface area contributed by atoms with E-state index in [2.05, 4.69) is 19.5 Å². The molecule has 90 valence electrons. The number of nitrogen functional groups attached to an aromatic ring is 1. The molecule has 0 amide bonds. The van der Waals surface area contributed by atoms with Gasteiger partial charge in [-0.3, -0.25) is 4.72 Å². The molecule has 0 atom stereocenters. The third-order valence-electron chi connectivity index (χ3n) is 1.78. The summed E-state index contributed by atoms with van der Waals surface area (Å²) in [6, 6.07) is 3.00. The average Bonchev–Trinajstić information content (AvgIpc) is 2.68. The molecule has 17 heavy (non-hydrogen) atoms. The van der Waals surface area contributed by atoms with Crippen molar-refractivity contribution >= 4 is 32.4 Å². The summed E-state index contributed by atoms with van der Waals surface area (Å²) >= 11 is 0.776. The number of hydrogen-bond acceptors (Lipinski definition) is 7. The number of nitrogens with two attached hydrogens (primary N) is 1. The van der Waals surface area contributed by atoms with Gasteiger partial charge in [0.2, 0.25) is 5.13 Å². The van der Waals surface area contributed by atoms with E-state index in [1.807, 2.05) is 0 Å². The van der Waals surface area contributed by atoms with E-state index >= 15 is 0 Å². The minimum Gasteiger partial charge on any atom is -0.398 e. The molecule has 7 nitrogen and oxygen atoms in total. The third-order valence-corrected chi connectivity index (χ3v) is 3.84. The number of anilines is 2. The molecule has 2 aromatic rings. The fraction of sp³-hybridized carbons (Fsp3) is 0. The second-order valence-corrected chi connectivity index (χ2v) is 5.34. The summed E-state index contributed by atoms with van der Waals surface area (Å²) in [6.07, 6.45) is 0. The largest absolute Gasteiger partial charge is 0.398 e. The molecule has 0 saturated heterocycles. The second-order valence-electron chi connectivity index (χ2n) is 2.96. The number of aromatic nitrogens is 3. The van der Waals surface area contributed by atoms with Crippen molar-refractivity contribution in [1.82, 2.24) is 14.8 Å². The zero-order chi connectivity index (χ0) is 12.5. The molecule has 0 radical (unpaired) electrons. The second kappa shape index (κ2) is 4.22. The lowest BCUT2D eigenvalue weighted by Gasteiger charge is -2.06. The van der Waals surface area contributed by atoms with Crippen LogP contribution in [-0.2, 0) is 10.0 Å². The predicted octanol–water partition coefficient (Wildman–Crippen LogP) is 0.455. The van der Waals surface area contributed by atoms with E-state index in [9.17, 15) is 12.8 Å². The van der Waals surface area contributed by atoms with Gasteiger partial charge in [0.05, 0.1) is 5.69 Å². The van der Waals surface area contributed by atoms with Crippen LogP contribution in [0.1, 0.15) is 0 Å². The van der Waals surface area contributed by atoms with Crippen LogP contribution < -0.4 is 10.5 Å². The van der Waals surface area contributed by atoms with E-state index in [-0.39, 0.29) is 15.7 Å². The Labute approximate surface area is 99.7 Å². The normalized spacial score (nSPS) is 11.4. The Bertz CT molecular complexity index is 628. The topological polar surface area (TPSA) is 111 Å². The molecule has 1 aromatic heterocycles. The Morgan fingerprint density at radius 2 is 2.18 bits per heavy atom. The Balaban J connectivity index is 2.38. The van der Waals surface area contributed by atoms with Crippen LogP contribution in [-0.4, -0.2) is 23.2 Å². The first kappa shape index (κ1) is 11.7. The molecule has 1 heterocycles. The fourth-order valence-electron chi connectivity index (χ4n) is 1.11. The van der Waals surface area contributed by atoms with Gasteiger partial charge in [-0.1, -0.05) is 9.59 Å². The molecule has 0 saturated carbocycles. The Kier molecular flexibility index (Phi) is 2.90. The highest BCUT2D eigenvalue weighted by molar-refractivity contribution is 7.93. The molecule has 0 bridgehead atoms. The lowest BCUT2D eigenvalue weighted by molar-refractivity contribution is 0.600. The molecule has 0 unspecified atom stereocenters. The number of hydrogen-bond donors (Lipinski definition) is 2. The number of rotatable bonds is 3. The van der Waals surface area contributed by atoms with Crippen LogP contribution in [0.25, 0.3) is 0 Å². The van der Waals surface area contributed by atoms with E-state index < -0.39 is 15.8 Å². The van der Waals surface area contributed by atoms with Crippen LogP contribution in [0.4, 0.5) is 15.2 Å². The molecule has 10 heteroatoms. The van der Waals surface area contributed by atoms with Gasteiger partial charge >= 0.3 is 0 Å². The molecule has 1 aromatic carbocycles. The SMILES string of the molecule is Nc1cc(F)ccc1S(=O)(=O)Nc1nnns1. The van der Waals surface area contributed by atoms with E-state index in [1.54, 1.807) is 0 Å². The van der Waals surface area contributed by atoms with Crippen molar-refractivity contribution in [3.05, 3.63) is 24.0 Å². The van der Waals surface area contributed by atoms with E-state index in [4.69, 9.17) is 5.73 Å². The van der Waals surface area contributed by atoms with Crippen molar-refractivity contribution in [2.24, 2.45) is 0 Å². The van der Waals surface area contributed by atoms with Gasteiger partial charge in [0.15, 0.2) is 0 Å². The molecule has 0 fully saturated rings. The van der Waals surface area contributed by atoms with Crippen molar-refractivity contribution < 1.29 is 12.8 Å². The van der Waals surface area contributed by atoms with Gasteiger partial charge in [-0.25, -0.2) is 12.8 Å². The number of nitrogens with one attached hydrogen (secondary N) is 1. The maximum Gasteiger partial charge on any atom is 0.265 e. The zero-order valence-electron chi connectivity index (χ0n) is 8.16. The zero-order valence-corrected chi connectivity index (χ0v) is 9.79. The summed E-state index contributed by atoms with van der Waals surface area (Å²) in [5.41, 5.74) is 5.24. The third kappa shape index (κ3) is 2.47. The number of nitrogens with zero attached hydrogens (tertiary/aromatic N) is 3. The number of halogens is 1. The lowest BCUT2D eigenvalue weighted by Crippen LogP contribution is -2.14. The smallest absolute Gasteiger partial charge is 0.265 e. The summed E-state index contributed by atoms with van der Waals surface area (Å²) in [4.78, 5) is -0.228. The van der Waals surface area contributed by atoms with E-state index in [0.29, 0.717) is 0 Å². The Morgan fingerprint density at radius 1 is 1.41 bits per heavy atom. The first-order valence-corrected chi connectivity index (χ1v) is 6.47. The van der Waals surface area contributed by atoms with Crippen LogP contribution in [0.5, 0.6) is 0 Å². The maximum absolute atomic E-state index is 12.8. The highest BCUT2D eigenvalue weighted by Gasteiger charge is 2.19. The van der Waals surface area contributed by atoms with Crippen LogP contribution >= 0.6 is 11.5 Å². The number of benzene rings is 1. The van der Waals surface area contributed by atoms with Gasteiger partial charge in [-0.05, 0) is 23.4 Å². The predicted molar refractivity (Wildman–Crippen MR) is 59.3 cm³/mol. The molecular weight excluding hydrogens is 269 g/mol. The molecule has 3 N–H and O–H groups in total. The monoisotopic (exact) mass is 275 g/mol. The van der Waals surface area contributed by atoms with Gasteiger partial charge in [-0.2, -0.15) is 0 Å². The number of sulfonamides is 1. The van der Waals surface area contributed by atoms with Gasteiger partial charge in [0.25, 0.3) is 10.0 Å². The first-order chi connectivity index (χ1) is 7.99. The van der Waals surface area contributed by atoms with Crippen LogP contribution in [0.3, 0.4) is 0 Å². The fourth-order valence-corrected chi connectivity index (χ4v) is 2.81. The summed E-state index contributed by atoms with van der Waals surface area (Å²) in [6.45, 7) is 0. The van der Waals surface area contributed by atoms with E-state index in [0.717, 1.165) is 29.7 Å². The van der Waals surface area contributed by atoms with Gasteiger partial charge in [0.1, 0.15) is 10.7 Å². The quantitative estimate of drug-likeness (QED) is 0.787. The van der Waals surface area contributed by atoms with Crippen LogP contribution in [0.2, 0.25) is 0 Å². The molecule has 0 aliphatic rings. The maximum atomic E-state index is 12.8. The van der Waals surface area contributed by atoms with Crippen molar-refractivity contribution in [3.8, 4) is 0 Å².